The van der Waals surface area contributed by atoms with Gasteiger partial charge < -0.3 is 9.47 Å². The van der Waals surface area contributed by atoms with Crippen LogP contribution in [-0.2, 0) is 0 Å². The van der Waals surface area contributed by atoms with Crippen molar-refractivity contribution in [2.75, 3.05) is 14.2 Å². The van der Waals surface area contributed by atoms with E-state index in [1.807, 2.05) is 24.3 Å². The average molecular weight is 218 g/mol. The lowest BCUT2D eigenvalue weighted by Crippen LogP contribution is -1.88. The molecule has 0 radical (unpaired) electrons. The lowest BCUT2D eigenvalue weighted by atomic mass is 10.3. The first-order valence-corrected chi connectivity index (χ1v) is 3.05. The molecule has 0 aliphatic heterocycles. The van der Waals surface area contributed by atoms with E-state index >= 15 is 0 Å². The van der Waals surface area contributed by atoms with Gasteiger partial charge in [-0.25, -0.2) is 0 Å². The Kier molecular flexibility index (Phi) is 18.9. The van der Waals surface area contributed by atoms with Crippen LogP contribution >= 0.6 is 0 Å². The highest BCUT2D eigenvalue weighted by Crippen LogP contribution is 2.24. The zero-order valence-corrected chi connectivity index (χ0v) is 7.76. The number of halogens is 4. The van der Waals surface area contributed by atoms with Crippen LogP contribution in [0, 0.1) is 0 Å². The summed E-state index contributed by atoms with van der Waals surface area (Å²) in [7, 11) is 3.25. The predicted octanol–water partition coefficient (Wildman–Crippen LogP) is 2.31. The first-order chi connectivity index (χ1) is 4.88. The molecule has 14 heavy (non-hydrogen) atoms. The summed E-state index contributed by atoms with van der Waals surface area (Å²) < 4.78 is 10.0. The van der Waals surface area contributed by atoms with E-state index in [4.69, 9.17) is 9.47 Å². The fourth-order valence-corrected chi connectivity index (χ4v) is 0.787. The molecule has 0 aliphatic rings. The van der Waals surface area contributed by atoms with Gasteiger partial charge in [0.05, 0.1) is 14.2 Å². The molecular weight excluding hydrogens is 204 g/mol. The van der Waals surface area contributed by atoms with E-state index in [1.165, 1.54) is 0 Å². The summed E-state index contributed by atoms with van der Waals surface area (Å²) in [6.07, 6.45) is 0. The van der Waals surface area contributed by atoms with Gasteiger partial charge in [-0.15, -0.1) is 0 Å². The smallest absolute Gasteiger partial charge is 0.160 e. The largest absolute Gasteiger partial charge is 0.493 e. The molecule has 1 aromatic carbocycles. The molecule has 0 fully saturated rings. The molecule has 1 aromatic rings. The minimum atomic E-state index is 0. The van der Waals surface area contributed by atoms with Crippen molar-refractivity contribution in [3.05, 3.63) is 24.3 Å². The van der Waals surface area contributed by atoms with Crippen LogP contribution in [-0.4, -0.2) is 14.2 Å². The third-order valence-electron chi connectivity index (χ3n) is 1.29. The van der Waals surface area contributed by atoms with E-state index in [1.54, 1.807) is 14.2 Å². The van der Waals surface area contributed by atoms with E-state index in [2.05, 4.69) is 0 Å². The number of para-hydroxylation sites is 2. The maximum atomic E-state index is 5.01. The summed E-state index contributed by atoms with van der Waals surface area (Å²) in [5.41, 5.74) is 0. The van der Waals surface area contributed by atoms with Crippen molar-refractivity contribution < 1.29 is 28.3 Å². The fourth-order valence-electron chi connectivity index (χ4n) is 0.787. The Morgan fingerprint density at radius 3 is 1.21 bits per heavy atom. The molecule has 0 aromatic heterocycles. The zero-order chi connectivity index (χ0) is 7.40. The SMILES string of the molecule is COc1ccccc1OC.F.F.F.F. The maximum absolute atomic E-state index is 5.01. The van der Waals surface area contributed by atoms with Gasteiger partial charge in [0, 0.05) is 0 Å². The van der Waals surface area contributed by atoms with Crippen molar-refractivity contribution in [3.63, 3.8) is 0 Å². The topological polar surface area (TPSA) is 18.5 Å². The quantitative estimate of drug-likeness (QED) is 0.709. The lowest BCUT2D eigenvalue weighted by molar-refractivity contribution is 0.355. The highest BCUT2D eigenvalue weighted by molar-refractivity contribution is 5.38. The van der Waals surface area contributed by atoms with Crippen LogP contribution in [0.15, 0.2) is 24.3 Å². The maximum Gasteiger partial charge on any atom is 0.160 e. The van der Waals surface area contributed by atoms with E-state index in [0.29, 0.717) is 0 Å². The molecule has 1 rings (SSSR count). The molecule has 6 heteroatoms. The summed E-state index contributed by atoms with van der Waals surface area (Å²) in [4.78, 5) is 0. The fraction of sp³-hybridized carbons (Fsp3) is 0.250. The molecule has 0 saturated heterocycles. The Balaban J connectivity index is -0.000000125. The van der Waals surface area contributed by atoms with Crippen molar-refractivity contribution in [3.8, 4) is 11.5 Å². The van der Waals surface area contributed by atoms with Gasteiger partial charge in [0.1, 0.15) is 0 Å². The van der Waals surface area contributed by atoms with Crippen LogP contribution in [0.25, 0.3) is 0 Å². The van der Waals surface area contributed by atoms with Crippen molar-refractivity contribution in [2.24, 2.45) is 0 Å². The molecule has 86 valence electrons. The highest BCUT2D eigenvalue weighted by Gasteiger charge is 1.97. The molecule has 0 aliphatic carbocycles. The Morgan fingerprint density at radius 2 is 1.00 bits per heavy atom. The Morgan fingerprint density at radius 1 is 0.714 bits per heavy atom. The van der Waals surface area contributed by atoms with Crippen LogP contribution in [0.4, 0.5) is 18.8 Å². The Bertz CT molecular complexity index is 197. The Labute approximate surface area is 79.3 Å². The monoisotopic (exact) mass is 218 g/mol. The van der Waals surface area contributed by atoms with Crippen molar-refractivity contribution in [1.82, 2.24) is 0 Å². The third kappa shape index (κ3) is 5.23. The first kappa shape index (κ1) is 22.9. The number of rotatable bonds is 2. The summed E-state index contributed by atoms with van der Waals surface area (Å²) in [6.45, 7) is 0. The average Bonchev–Trinajstić information content (AvgIpc) is 2.04. The molecule has 0 N–H and O–H groups in total. The number of hydrogen-bond donors (Lipinski definition) is 0. The molecule has 0 atom stereocenters. The normalized spacial score (nSPS) is 6.43. The van der Waals surface area contributed by atoms with Crippen LogP contribution in [0.1, 0.15) is 0 Å². The molecule has 0 amide bonds. The molecule has 2 nitrogen and oxygen atoms in total. The second-order valence-electron chi connectivity index (χ2n) is 1.85. The number of hydrogen-bond acceptors (Lipinski definition) is 2. The van der Waals surface area contributed by atoms with Crippen molar-refractivity contribution >= 4 is 0 Å². The van der Waals surface area contributed by atoms with Gasteiger partial charge in [0.2, 0.25) is 0 Å². The predicted molar refractivity (Wildman–Crippen MR) is 49.6 cm³/mol. The minimum Gasteiger partial charge on any atom is -0.493 e. The van der Waals surface area contributed by atoms with Gasteiger partial charge in [-0.2, -0.15) is 0 Å². The zero-order valence-electron chi connectivity index (χ0n) is 7.76. The second kappa shape index (κ2) is 11.5. The third-order valence-corrected chi connectivity index (χ3v) is 1.29. The Hall–Kier alpha value is -1.46. The molecular formula is C8H14F4O2. The van der Waals surface area contributed by atoms with Gasteiger partial charge in [0.15, 0.2) is 11.5 Å². The number of benzene rings is 1. The van der Waals surface area contributed by atoms with Gasteiger partial charge >= 0.3 is 0 Å². The molecule has 0 bridgehead atoms. The van der Waals surface area contributed by atoms with Crippen molar-refractivity contribution in [2.45, 2.75) is 0 Å². The molecule has 0 saturated carbocycles. The molecule has 0 spiro atoms. The van der Waals surface area contributed by atoms with E-state index in [-0.39, 0.29) is 18.8 Å². The van der Waals surface area contributed by atoms with E-state index < -0.39 is 0 Å². The molecule has 0 heterocycles. The summed E-state index contributed by atoms with van der Waals surface area (Å²) in [5.74, 6) is 1.54. The summed E-state index contributed by atoms with van der Waals surface area (Å²) in [5, 5.41) is 0. The van der Waals surface area contributed by atoms with Gasteiger partial charge in [0.25, 0.3) is 0 Å². The van der Waals surface area contributed by atoms with Gasteiger partial charge in [-0.05, 0) is 12.1 Å². The lowest BCUT2D eigenvalue weighted by Gasteiger charge is -2.04. The molecule has 0 unspecified atom stereocenters. The van der Waals surface area contributed by atoms with E-state index in [9.17, 15) is 0 Å². The van der Waals surface area contributed by atoms with Gasteiger partial charge in [-0.1, -0.05) is 12.1 Å². The second-order valence-corrected chi connectivity index (χ2v) is 1.85. The summed E-state index contributed by atoms with van der Waals surface area (Å²) >= 11 is 0. The van der Waals surface area contributed by atoms with Crippen molar-refractivity contribution in [1.29, 1.82) is 0 Å². The minimum absolute atomic E-state index is 0. The number of methoxy groups -OCH3 is 2. The van der Waals surface area contributed by atoms with Gasteiger partial charge in [-0.3, -0.25) is 18.8 Å². The first-order valence-electron chi connectivity index (χ1n) is 3.05. The summed E-state index contributed by atoms with van der Waals surface area (Å²) in [6, 6.07) is 7.53. The highest BCUT2D eigenvalue weighted by atomic mass is 19.0. The standard InChI is InChI=1S/C8H10O2.4FH/c1-9-7-5-3-4-6-8(7)10-2;;;;/h3-6H,1-2H3;4*1H. The van der Waals surface area contributed by atoms with E-state index in [0.717, 1.165) is 11.5 Å². The van der Waals surface area contributed by atoms with Crippen LogP contribution in [0.5, 0.6) is 11.5 Å². The number of ether oxygens (including phenoxy) is 2. The van der Waals surface area contributed by atoms with Crippen LogP contribution in [0.2, 0.25) is 0 Å². The van der Waals surface area contributed by atoms with Crippen LogP contribution in [0.3, 0.4) is 0 Å². The van der Waals surface area contributed by atoms with Crippen LogP contribution < -0.4 is 9.47 Å².